The zero-order chi connectivity index (χ0) is 9.97. The van der Waals surface area contributed by atoms with Gasteiger partial charge in [-0.1, -0.05) is 0 Å². The third kappa shape index (κ3) is 2.00. The molecule has 4 nitrogen and oxygen atoms in total. The van der Waals surface area contributed by atoms with Crippen LogP contribution in [0.25, 0.3) is 0 Å². The summed E-state index contributed by atoms with van der Waals surface area (Å²) in [6.07, 6.45) is 2.41. The lowest BCUT2D eigenvalue weighted by Gasteiger charge is -2.34. The molecule has 0 aliphatic carbocycles. The molecule has 0 radical (unpaired) electrons. The SMILES string of the molecule is CC(N)C1CCN(C2=NCCN2)CC1. The molecule has 0 saturated carbocycles. The molecule has 14 heavy (non-hydrogen) atoms. The van der Waals surface area contributed by atoms with Gasteiger partial charge in [-0.3, -0.25) is 4.99 Å². The average Bonchev–Trinajstić information content (AvgIpc) is 2.71. The lowest BCUT2D eigenvalue weighted by atomic mass is 9.91. The van der Waals surface area contributed by atoms with Crippen molar-refractivity contribution in [1.29, 1.82) is 0 Å². The van der Waals surface area contributed by atoms with Gasteiger partial charge in [-0.25, -0.2) is 0 Å². The summed E-state index contributed by atoms with van der Waals surface area (Å²) in [5, 5.41) is 3.32. The molecular formula is C10H20N4. The molecule has 0 amide bonds. The number of likely N-dealkylation sites (tertiary alicyclic amines) is 1. The van der Waals surface area contributed by atoms with Crippen LogP contribution < -0.4 is 11.1 Å². The first-order valence-corrected chi connectivity index (χ1v) is 5.56. The van der Waals surface area contributed by atoms with E-state index in [0.29, 0.717) is 12.0 Å². The summed E-state index contributed by atoms with van der Waals surface area (Å²) in [5.41, 5.74) is 5.90. The number of rotatable bonds is 1. The Morgan fingerprint density at radius 2 is 2.21 bits per heavy atom. The maximum Gasteiger partial charge on any atom is 0.194 e. The van der Waals surface area contributed by atoms with Gasteiger partial charge >= 0.3 is 0 Å². The largest absolute Gasteiger partial charge is 0.354 e. The molecule has 1 fully saturated rings. The minimum Gasteiger partial charge on any atom is -0.354 e. The van der Waals surface area contributed by atoms with E-state index >= 15 is 0 Å². The van der Waals surface area contributed by atoms with E-state index in [1.807, 2.05) is 0 Å². The number of guanidine groups is 1. The summed E-state index contributed by atoms with van der Waals surface area (Å²) in [5.74, 6) is 1.81. The molecule has 0 spiro atoms. The van der Waals surface area contributed by atoms with Crippen molar-refractivity contribution in [3.8, 4) is 0 Å². The molecule has 1 unspecified atom stereocenters. The van der Waals surface area contributed by atoms with Gasteiger partial charge in [0.25, 0.3) is 0 Å². The molecule has 4 heteroatoms. The number of nitrogens with two attached hydrogens (primary N) is 1. The summed E-state index contributed by atoms with van der Waals surface area (Å²) in [6.45, 7) is 6.27. The Balaban J connectivity index is 1.83. The molecule has 80 valence electrons. The second kappa shape index (κ2) is 4.17. The van der Waals surface area contributed by atoms with Gasteiger partial charge in [0.2, 0.25) is 0 Å². The topological polar surface area (TPSA) is 53.6 Å². The predicted octanol–water partition coefficient (Wildman–Crippen LogP) is 0.00480. The van der Waals surface area contributed by atoms with Gasteiger partial charge in [0, 0.05) is 25.7 Å². The summed E-state index contributed by atoms with van der Waals surface area (Å²) in [7, 11) is 0. The van der Waals surface area contributed by atoms with E-state index in [1.54, 1.807) is 0 Å². The van der Waals surface area contributed by atoms with Gasteiger partial charge < -0.3 is 16.0 Å². The standard InChI is InChI=1S/C10H20N4/c1-8(11)9-2-6-14(7-3-9)10-12-4-5-13-10/h8-9H,2-7,11H2,1H3,(H,12,13). The first kappa shape index (κ1) is 9.77. The highest BCUT2D eigenvalue weighted by atomic mass is 15.3. The molecule has 2 heterocycles. The van der Waals surface area contributed by atoms with Crippen LogP contribution in [0.3, 0.4) is 0 Å². The Morgan fingerprint density at radius 3 is 2.71 bits per heavy atom. The van der Waals surface area contributed by atoms with Crippen LogP contribution in [0.1, 0.15) is 19.8 Å². The third-order valence-corrected chi connectivity index (χ3v) is 3.24. The Kier molecular flexibility index (Phi) is 2.91. The fourth-order valence-corrected chi connectivity index (χ4v) is 2.23. The van der Waals surface area contributed by atoms with E-state index in [1.165, 1.54) is 12.8 Å². The minimum atomic E-state index is 0.343. The quantitative estimate of drug-likeness (QED) is 0.621. The van der Waals surface area contributed by atoms with Crippen molar-refractivity contribution >= 4 is 5.96 Å². The van der Waals surface area contributed by atoms with Crippen molar-refractivity contribution < 1.29 is 0 Å². The second-order valence-corrected chi connectivity index (χ2v) is 4.32. The molecule has 0 aromatic rings. The van der Waals surface area contributed by atoms with E-state index < -0.39 is 0 Å². The molecule has 0 bridgehead atoms. The Hall–Kier alpha value is -0.770. The van der Waals surface area contributed by atoms with E-state index in [-0.39, 0.29) is 0 Å². The van der Waals surface area contributed by atoms with Gasteiger partial charge in [-0.05, 0) is 25.7 Å². The highest BCUT2D eigenvalue weighted by Gasteiger charge is 2.24. The minimum absolute atomic E-state index is 0.343. The molecule has 0 aromatic heterocycles. The Morgan fingerprint density at radius 1 is 1.50 bits per heavy atom. The van der Waals surface area contributed by atoms with Crippen molar-refractivity contribution in [2.45, 2.75) is 25.8 Å². The van der Waals surface area contributed by atoms with Gasteiger partial charge in [0.05, 0.1) is 6.54 Å². The van der Waals surface area contributed by atoms with E-state index in [0.717, 1.165) is 32.1 Å². The number of aliphatic imine (C=N–C) groups is 1. The Labute approximate surface area is 85.6 Å². The smallest absolute Gasteiger partial charge is 0.194 e. The number of hydrogen-bond donors (Lipinski definition) is 2. The Bertz CT molecular complexity index is 216. The monoisotopic (exact) mass is 196 g/mol. The fraction of sp³-hybridized carbons (Fsp3) is 0.900. The highest BCUT2D eigenvalue weighted by Crippen LogP contribution is 2.19. The van der Waals surface area contributed by atoms with Gasteiger partial charge in [0.1, 0.15) is 0 Å². The molecule has 0 aromatic carbocycles. The first-order valence-electron chi connectivity index (χ1n) is 5.56. The van der Waals surface area contributed by atoms with Gasteiger partial charge in [-0.2, -0.15) is 0 Å². The number of nitrogens with zero attached hydrogens (tertiary/aromatic N) is 2. The number of nitrogens with one attached hydrogen (secondary N) is 1. The molecule has 1 atom stereocenters. The zero-order valence-electron chi connectivity index (χ0n) is 8.87. The van der Waals surface area contributed by atoms with Crippen molar-refractivity contribution in [2.24, 2.45) is 16.6 Å². The highest BCUT2D eigenvalue weighted by molar-refractivity contribution is 5.81. The van der Waals surface area contributed by atoms with Crippen molar-refractivity contribution in [3.63, 3.8) is 0 Å². The summed E-state index contributed by atoms with van der Waals surface area (Å²) >= 11 is 0. The van der Waals surface area contributed by atoms with Gasteiger partial charge in [0.15, 0.2) is 5.96 Å². The van der Waals surface area contributed by atoms with Gasteiger partial charge in [-0.15, -0.1) is 0 Å². The molecular weight excluding hydrogens is 176 g/mol. The van der Waals surface area contributed by atoms with Crippen LogP contribution in [0.2, 0.25) is 0 Å². The predicted molar refractivity (Wildman–Crippen MR) is 58.3 cm³/mol. The van der Waals surface area contributed by atoms with E-state index in [9.17, 15) is 0 Å². The normalized spacial score (nSPS) is 25.9. The maximum atomic E-state index is 5.90. The van der Waals surface area contributed by atoms with Crippen molar-refractivity contribution in [1.82, 2.24) is 10.2 Å². The molecule has 2 rings (SSSR count). The number of piperidine rings is 1. The van der Waals surface area contributed by atoms with Crippen LogP contribution in [-0.2, 0) is 0 Å². The van der Waals surface area contributed by atoms with Crippen molar-refractivity contribution in [3.05, 3.63) is 0 Å². The first-order chi connectivity index (χ1) is 6.77. The second-order valence-electron chi connectivity index (χ2n) is 4.32. The summed E-state index contributed by atoms with van der Waals surface area (Å²) in [4.78, 5) is 6.78. The van der Waals surface area contributed by atoms with E-state index in [2.05, 4.69) is 22.1 Å². The fourth-order valence-electron chi connectivity index (χ4n) is 2.23. The average molecular weight is 196 g/mol. The zero-order valence-corrected chi connectivity index (χ0v) is 8.87. The third-order valence-electron chi connectivity index (χ3n) is 3.24. The van der Waals surface area contributed by atoms with Crippen LogP contribution in [0.4, 0.5) is 0 Å². The lowest BCUT2D eigenvalue weighted by Crippen LogP contribution is -2.46. The van der Waals surface area contributed by atoms with Crippen LogP contribution in [0.15, 0.2) is 4.99 Å². The van der Waals surface area contributed by atoms with Crippen molar-refractivity contribution in [2.75, 3.05) is 26.2 Å². The number of hydrogen-bond acceptors (Lipinski definition) is 4. The molecule has 2 aliphatic heterocycles. The summed E-state index contributed by atoms with van der Waals surface area (Å²) < 4.78 is 0. The maximum absolute atomic E-state index is 5.90. The van der Waals surface area contributed by atoms with Crippen LogP contribution >= 0.6 is 0 Å². The molecule has 2 aliphatic rings. The van der Waals surface area contributed by atoms with Crippen LogP contribution in [0.5, 0.6) is 0 Å². The summed E-state index contributed by atoms with van der Waals surface area (Å²) in [6, 6.07) is 0.343. The van der Waals surface area contributed by atoms with E-state index in [4.69, 9.17) is 5.73 Å². The van der Waals surface area contributed by atoms with Crippen LogP contribution in [-0.4, -0.2) is 43.1 Å². The van der Waals surface area contributed by atoms with Crippen LogP contribution in [0, 0.1) is 5.92 Å². The molecule has 1 saturated heterocycles. The molecule has 3 N–H and O–H groups in total. The lowest BCUT2D eigenvalue weighted by molar-refractivity contribution is 0.240.